The Morgan fingerprint density at radius 3 is 2.75 bits per heavy atom. The largest absolute Gasteiger partial charge is 0.398 e. The van der Waals surface area contributed by atoms with Crippen molar-refractivity contribution in [3.8, 4) is 0 Å². The number of hydrogen-bond donors (Lipinski definition) is 2. The van der Waals surface area contributed by atoms with Crippen LogP contribution in [0.1, 0.15) is 15.9 Å². The minimum atomic E-state index is -0.579. The van der Waals surface area contributed by atoms with Gasteiger partial charge in [-0.05, 0) is 24.6 Å². The Kier molecular flexibility index (Phi) is 3.60. The number of aryl methyl sites for hydroxylation is 1. The lowest BCUT2D eigenvalue weighted by atomic mass is 10.1. The lowest BCUT2D eigenvalue weighted by Gasteiger charge is -2.07. The first kappa shape index (κ1) is 13.5. The van der Waals surface area contributed by atoms with Crippen LogP contribution < -0.4 is 11.1 Å². The summed E-state index contributed by atoms with van der Waals surface area (Å²) >= 11 is 0. The molecule has 2 aromatic rings. The molecule has 0 spiro atoms. The molecular weight excluding hydrogens is 260 g/mol. The molecule has 1 heterocycles. The number of nitrogens with two attached hydrogens (primary N) is 1. The topological polar surface area (TPSA) is 111 Å². The standard InChI is InChI=1S/C13H12N4O3/c1-8-4-9(7-15-6-8)16-13(18)11-5-10(17(19)20)2-3-12(11)14/h2-7H,14H2,1H3,(H,16,18). The van der Waals surface area contributed by atoms with Crippen molar-refractivity contribution >= 4 is 23.0 Å². The van der Waals surface area contributed by atoms with E-state index in [9.17, 15) is 14.9 Å². The minimum absolute atomic E-state index is 0.0562. The molecule has 1 aromatic heterocycles. The number of nitro benzene ring substituents is 1. The van der Waals surface area contributed by atoms with Crippen LogP contribution in [0.25, 0.3) is 0 Å². The number of nitrogens with zero attached hydrogens (tertiary/aromatic N) is 2. The highest BCUT2D eigenvalue weighted by Gasteiger charge is 2.15. The minimum Gasteiger partial charge on any atom is -0.398 e. The van der Waals surface area contributed by atoms with Crippen molar-refractivity contribution in [1.29, 1.82) is 0 Å². The number of carbonyl (C=O) groups excluding carboxylic acids is 1. The zero-order valence-electron chi connectivity index (χ0n) is 10.7. The Morgan fingerprint density at radius 2 is 2.10 bits per heavy atom. The summed E-state index contributed by atoms with van der Waals surface area (Å²) in [6.45, 7) is 1.84. The second-order valence-corrected chi connectivity index (χ2v) is 4.23. The maximum absolute atomic E-state index is 12.1. The highest BCUT2D eigenvalue weighted by Crippen LogP contribution is 2.21. The third-order valence-electron chi connectivity index (χ3n) is 2.63. The van der Waals surface area contributed by atoms with E-state index in [1.165, 1.54) is 18.3 Å². The number of hydrogen-bond acceptors (Lipinski definition) is 5. The van der Waals surface area contributed by atoms with E-state index in [4.69, 9.17) is 5.73 Å². The number of aromatic nitrogens is 1. The average Bonchev–Trinajstić information content (AvgIpc) is 2.38. The molecule has 0 aliphatic rings. The van der Waals surface area contributed by atoms with Gasteiger partial charge in [0.2, 0.25) is 0 Å². The second-order valence-electron chi connectivity index (χ2n) is 4.23. The normalized spacial score (nSPS) is 10.1. The summed E-state index contributed by atoms with van der Waals surface area (Å²) in [7, 11) is 0. The number of pyridine rings is 1. The van der Waals surface area contributed by atoms with Crippen molar-refractivity contribution < 1.29 is 9.72 Å². The summed E-state index contributed by atoms with van der Waals surface area (Å²) in [5, 5.41) is 13.3. The molecule has 0 bridgehead atoms. The molecule has 0 aliphatic heterocycles. The number of nitro groups is 1. The van der Waals surface area contributed by atoms with Crippen LogP contribution in [0.15, 0.2) is 36.7 Å². The van der Waals surface area contributed by atoms with Crippen LogP contribution in [-0.2, 0) is 0 Å². The first-order valence-corrected chi connectivity index (χ1v) is 5.74. The van der Waals surface area contributed by atoms with Gasteiger partial charge in [-0.3, -0.25) is 19.9 Å². The van der Waals surface area contributed by atoms with E-state index in [0.29, 0.717) is 5.69 Å². The Bertz CT molecular complexity index is 685. The lowest BCUT2D eigenvalue weighted by Crippen LogP contribution is -2.14. The molecule has 0 fully saturated rings. The van der Waals surface area contributed by atoms with E-state index >= 15 is 0 Å². The summed E-state index contributed by atoms with van der Waals surface area (Å²) in [4.78, 5) is 26.2. The third-order valence-corrected chi connectivity index (χ3v) is 2.63. The number of carbonyl (C=O) groups is 1. The van der Waals surface area contributed by atoms with Gasteiger partial charge < -0.3 is 11.1 Å². The predicted octanol–water partition coefficient (Wildman–Crippen LogP) is 2.13. The Morgan fingerprint density at radius 1 is 1.35 bits per heavy atom. The van der Waals surface area contributed by atoms with Crippen LogP contribution in [0.5, 0.6) is 0 Å². The van der Waals surface area contributed by atoms with Crippen molar-refractivity contribution in [2.24, 2.45) is 0 Å². The molecule has 2 rings (SSSR count). The molecule has 3 N–H and O–H groups in total. The number of nitrogen functional groups attached to an aromatic ring is 1. The van der Waals surface area contributed by atoms with E-state index in [2.05, 4.69) is 10.3 Å². The molecule has 0 saturated carbocycles. The van der Waals surface area contributed by atoms with Gasteiger partial charge in [0, 0.05) is 24.0 Å². The molecule has 102 valence electrons. The van der Waals surface area contributed by atoms with Gasteiger partial charge in [-0.25, -0.2) is 0 Å². The molecule has 0 unspecified atom stereocenters. The predicted molar refractivity (Wildman–Crippen MR) is 74.4 cm³/mol. The van der Waals surface area contributed by atoms with Crippen LogP contribution in [0, 0.1) is 17.0 Å². The fourth-order valence-corrected chi connectivity index (χ4v) is 1.68. The first-order valence-electron chi connectivity index (χ1n) is 5.74. The van der Waals surface area contributed by atoms with Crippen LogP contribution in [0.2, 0.25) is 0 Å². The van der Waals surface area contributed by atoms with Gasteiger partial charge in [0.25, 0.3) is 11.6 Å². The van der Waals surface area contributed by atoms with Crippen molar-refractivity contribution in [2.45, 2.75) is 6.92 Å². The van der Waals surface area contributed by atoms with E-state index in [1.54, 1.807) is 12.3 Å². The molecule has 0 radical (unpaired) electrons. The highest BCUT2D eigenvalue weighted by atomic mass is 16.6. The smallest absolute Gasteiger partial charge is 0.270 e. The van der Waals surface area contributed by atoms with Gasteiger partial charge in [-0.15, -0.1) is 0 Å². The maximum Gasteiger partial charge on any atom is 0.270 e. The molecule has 0 saturated heterocycles. The maximum atomic E-state index is 12.1. The van der Waals surface area contributed by atoms with Gasteiger partial charge in [0.15, 0.2) is 0 Å². The SMILES string of the molecule is Cc1cncc(NC(=O)c2cc([N+](=O)[O-])ccc2N)c1. The van der Waals surface area contributed by atoms with Crippen LogP contribution in [-0.4, -0.2) is 15.8 Å². The highest BCUT2D eigenvalue weighted by molar-refractivity contribution is 6.08. The zero-order chi connectivity index (χ0) is 14.7. The second kappa shape index (κ2) is 5.35. The quantitative estimate of drug-likeness (QED) is 0.505. The van der Waals surface area contributed by atoms with Crippen LogP contribution in [0.4, 0.5) is 17.1 Å². The van der Waals surface area contributed by atoms with E-state index < -0.39 is 10.8 Å². The zero-order valence-corrected chi connectivity index (χ0v) is 10.7. The molecular formula is C13H12N4O3. The van der Waals surface area contributed by atoms with Crippen molar-refractivity contribution in [1.82, 2.24) is 4.98 Å². The van der Waals surface area contributed by atoms with E-state index in [-0.39, 0.29) is 16.9 Å². The fourth-order valence-electron chi connectivity index (χ4n) is 1.68. The van der Waals surface area contributed by atoms with Gasteiger partial charge in [-0.2, -0.15) is 0 Å². The van der Waals surface area contributed by atoms with Gasteiger partial charge >= 0.3 is 0 Å². The molecule has 1 aromatic carbocycles. The number of benzene rings is 1. The number of anilines is 2. The summed E-state index contributed by atoms with van der Waals surface area (Å²) in [6, 6.07) is 5.47. The van der Waals surface area contributed by atoms with Crippen LogP contribution in [0.3, 0.4) is 0 Å². The Hall–Kier alpha value is -2.96. The van der Waals surface area contributed by atoms with Crippen molar-refractivity contribution in [2.75, 3.05) is 11.1 Å². The Balaban J connectivity index is 2.29. The number of amides is 1. The molecule has 7 heteroatoms. The average molecular weight is 272 g/mol. The number of nitrogens with one attached hydrogen (secondary N) is 1. The summed E-state index contributed by atoms with van der Waals surface area (Å²) in [6.07, 6.45) is 3.13. The fraction of sp³-hybridized carbons (Fsp3) is 0.0769. The lowest BCUT2D eigenvalue weighted by molar-refractivity contribution is -0.384. The summed E-state index contributed by atoms with van der Waals surface area (Å²) in [5.74, 6) is -0.515. The Labute approximate surface area is 114 Å². The number of rotatable bonds is 3. The molecule has 7 nitrogen and oxygen atoms in total. The first-order chi connectivity index (χ1) is 9.47. The van der Waals surface area contributed by atoms with Crippen molar-refractivity contribution in [3.05, 3.63) is 57.9 Å². The number of non-ortho nitro benzene ring substituents is 1. The molecule has 0 aliphatic carbocycles. The van der Waals surface area contributed by atoms with E-state index in [1.807, 2.05) is 6.92 Å². The van der Waals surface area contributed by atoms with Gasteiger partial charge in [0.05, 0.1) is 22.4 Å². The summed E-state index contributed by atoms with van der Waals surface area (Å²) < 4.78 is 0. The van der Waals surface area contributed by atoms with Gasteiger partial charge in [0.1, 0.15) is 0 Å². The monoisotopic (exact) mass is 272 g/mol. The molecule has 1 amide bonds. The van der Waals surface area contributed by atoms with Gasteiger partial charge in [-0.1, -0.05) is 0 Å². The van der Waals surface area contributed by atoms with Crippen molar-refractivity contribution in [3.63, 3.8) is 0 Å². The third kappa shape index (κ3) is 2.89. The van der Waals surface area contributed by atoms with Crippen LogP contribution >= 0.6 is 0 Å². The molecule has 0 atom stereocenters. The van der Waals surface area contributed by atoms with E-state index in [0.717, 1.165) is 11.6 Å². The molecule has 20 heavy (non-hydrogen) atoms. The summed E-state index contributed by atoms with van der Waals surface area (Å²) in [5.41, 5.74) is 7.10.